The van der Waals surface area contributed by atoms with Crippen molar-refractivity contribution in [1.29, 1.82) is 5.26 Å². The highest BCUT2D eigenvalue weighted by molar-refractivity contribution is 6.02. The second-order valence-electron chi connectivity index (χ2n) is 4.33. The molecular formula is C13H14N2O4. The largest absolute Gasteiger partial charge is 0.490 e. The minimum atomic E-state index is -0.851. The molecule has 1 atom stereocenters. The molecule has 0 saturated heterocycles. The van der Waals surface area contributed by atoms with Gasteiger partial charge in [-0.15, -0.1) is 0 Å². The first-order valence-electron chi connectivity index (χ1n) is 5.69. The lowest BCUT2D eigenvalue weighted by Gasteiger charge is -2.13. The second-order valence-corrected chi connectivity index (χ2v) is 4.33. The minimum Gasteiger partial charge on any atom is -0.490 e. The number of hydrogen-bond donors (Lipinski definition) is 0. The van der Waals surface area contributed by atoms with Crippen molar-refractivity contribution in [2.75, 3.05) is 7.11 Å². The Morgan fingerprint density at radius 3 is 2.53 bits per heavy atom. The number of nitrogens with zero attached hydrogens (tertiary/aromatic N) is 2. The Labute approximate surface area is 110 Å². The van der Waals surface area contributed by atoms with Crippen molar-refractivity contribution in [2.24, 2.45) is 11.8 Å². The number of nitro groups is 1. The first-order valence-corrected chi connectivity index (χ1v) is 5.69. The summed E-state index contributed by atoms with van der Waals surface area (Å²) in [4.78, 5) is 22.5. The summed E-state index contributed by atoms with van der Waals surface area (Å²) < 4.78 is 4.96. The Kier molecular flexibility index (Phi) is 4.59. The molecule has 0 saturated carbocycles. The van der Waals surface area contributed by atoms with Gasteiger partial charge in [-0.2, -0.15) is 5.26 Å². The maximum absolute atomic E-state index is 12.2. The van der Waals surface area contributed by atoms with Crippen molar-refractivity contribution < 1.29 is 14.5 Å². The van der Waals surface area contributed by atoms with E-state index in [0.717, 1.165) is 0 Å². The molecule has 0 bridgehead atoms. The van der Waals surface area contributed by atoms with Gasteiger partial charge in [-0.25, -0.2) is 0 Å². The molecule has 1 aromatic rings. The van der Waals surface area contributed by atoms with Gasteiger partial charge in [0, 0.05) is 6.07 Å². The van der Waals surface area contributed by atoms with Crippen molar-refractivity contribution in [1.82, 2.24) is 0 Å². The lowest BCUT2D eigenvalue weighted by atomic mass is 9.88. The Morgan fingerprint density at radius 2 is 2.11 bits per heavy atom. The lowest BCUT2D eigenvalue weighted by molar-refractivity contribution is -0.385. The number of nitro benzene ring substituents is 1. The molecule has 0 fully saturated rings. The Balaban J connectivity index is 3.36. The van der Waals surface area contributed by atoms with Crippen LogP contribution in [-0.2, 0) is 0 Å². The smallest absolute Gasteiger partial charge is 0.311 e. The predicted octanol–water partition coefficient (Wildman–Crippen LogP) is 2.58. The number of ether oxygens (including phenoxy) is 1. The first-order chi connectivity index (χ1) is 8.93. The van der Waals surface area contributed by atoms with Crippen LogP contribution in [0.2, 0.25) is 0 Å². The molecule has 0 amide bonds. The molecule has 0 radical (unpaired) electrons. The van der Waals surface area contributed by atoms with E-state index in [1.807, 2.05) is 6.07 Å². The van der Waals surface area contributed by atoms with E-state index < -0.39 is 16.6 Å². The lowest BCUT2D eigenvalue weighted by Crippen LogP contribution is -2.19. The third kappa shape index (κ3) is 2.88. The van der Waals surface area contributed by atoms with Gasteiger partial charge < -0.3 is 4.74 Å². The monoisotopic (exact) mass is 262 g/mol. The minimum absolute atomic E-state index is 0.0666. The van der Waals surface area contributed by atoms with Gasteiger partial charge in [0.1, 0.15) is 5.92 Å². The van der Waals surface area contributed by atoms with Gasteiger partial charge in [0.05, 0.1) is 23.7 Å². The summed E-state index contributed by atoms with van der Waals surface area (Å²) in [5.41, 5.74) is -0.217. The zero-order chi connectivity index (χ0) is 14.6. The number of ketones is 1. The summed E-state index contributed by atoms with van der Waals surface area (Å²) in [7, 11) is 1.26. The predicted molar refractivity (Wildman–Crippen MR) is 67.9 cm³/mol. The average molecular weight is 262 g/mol. The number of para-hydroxylation sites is 1. The second kappa shape index (κ2) is 5.96. The highest BCUT2D eigenvalue weighted by Crippen LogP contribution is 2.33. The van der Waals surface area contributed by atoms with Crippen molar-refractivity contribution in [2.45, 2.75) is 13.8 Å². The fourth-order valence-corrected chi connectivity index (χ4v) is 1.76. The van der Waals surface area contributed by atoms with Crippen LogP contribution in [0.5, 0.6) is 5.75 Å². The number of hydrogen-bond acceptors (Lipinski definition) is 5. The summed E-state index contributed by atoms with van der Waals surface area (Å²) in [6.45, 7) is 3.49. The molecule has 0 spiro atoms. The summed E-state index contributed by atoms with van der Waals surface area (Å²) in [6, 6.07) is 6.02. The fraction of sp³-hybridized carbons (Fsp3) is 0.385. The molecular weight excluding hydrogens is 248 g/mol. The van der Waals surface area contributed by atoms with E-state index in [9.17, 15) is 14.9 Å². The van der Waals surface area contributed by atoms with Gasteiger partial charge >= 0.3 is 5.69 Å². The summed E-state index contributed by atoms with van der Waals surface area (Å²) >= 11 is 0. The Bertz CT molecular complexity index is 546. The van der Waals surface area contributed by atoms with Crippen LogP contribution >= 0.6 is 0 Å². The zero-order valence-corrected chi connectivity index (χ0v) is 10.9. The van der Waals surface area contributed by atoms with E-state index >= 15 is 0 Å². The van der Waals surface area contributed by atoms with E-state index in [1.54, 1.807) is 13.8 Å². The SMILES string of the molecule is COc1c(C(=O)C(C#N)C(C)C)cccc1[N+](=O)[O-]. The molecule has 1 aromatic carbocycles. The number of Topliss-reactive ketones (excluding diaryl/α,β-unsaturated/α-hetero) is 1. The highest BCUT2D eigenvalue weighted by Gasteiger charge is 2.29. The standard InChI is InChI=1S/C13H14N2O4/c1-8(2)10(7-14)12(16)9-5-4-6-11(15(17)18)13(9)19-3/h4-6,8,10H,1-3H3. The molecule has 100 valence electrons. The normalized spacial score (nSPS) is 11.7. The highest BCUT2D eigenvalue weighted by atomic mass is 16.6. The van der Waals surface area contributed by atoms with E-state index in [2.05, 4.69) is 0 Å². The Morgan fingerprint density at radius 1 is 1.47 bits per heavy atom. The van der Waals surface area contributed by atoms with Crippen LogP contribution in [0.1, 0.15) is 24.2 Å². The summed E-state index contributed by atoms with van der Waals surface area (Å²) in [6.07, 6.45) is 0. The third-order valence-electron chi connectivity index (χ3n) is 2.75. The topological polar surface area (TPSA) is 93.2 Å². The van der Waals surface area contributed by atoms with E-state index in [1.165, 1.54) is 25.3 Å². The van der Waals surface area contributed by atoms with E-state index in [0.29, 0.717) is 0 Å². The maximum atomic E-state index is 12.2. The zero-order valence-electron chi connectivity index (χ0n) is 10.9. The molecule has 6 nitrogen and oxygen atoms in total. The quantitative estimate of drug-likeness (QED) is 0.462. The summed E-state index contributed by atoms with van der Waals surface area (Å²) in [5, 5.41) is 19.9. The van der Waals surface area contributed by atoms with Gasteiger partial charge in [0.15, 0.2) is 5.78 Å². The van der Waals surface area contributed by atoms with Gasteiger partial charge in [-0.05, 0) is 12.0 Å². The van der Waals surface area contributed by atoms with Crippen molar-refractivity contribution in [3.05, 3.63) is 33.9 Å². The van der Waals surface area contributed by atoms with Crippen LogP contribution < -0.4 is 4.74 Å². The van der Waals surface area contributed by atoms with Crippen LogP contribution in [0, 0.1) is 33.3 Å². The van der Waals surface area contributed by atoms with Gasteiger partial charge in [0.25, 0.3) is 0 Å². The van der Waals surface area contributed by atoms with E-state index in [-0.39, 0.29) is 22.9 Å². The van der Waals surface area contributed by atoms with Crippen molar-refractivity contribution >= 4 is 11.5 Å². The number of nitriles is 1. The van der Waals surface area contributed by atoms with Crippen LogP contribution in [-0.4, -0.2) is 17.8 Å². The average Bonchev–Trinajstić information content (AvgIpc) is 2.37. The number of carbonyl (C=O) groups is 1. The van der Waals surface area contributed by atoms with E-state index in [4.69, 9.17) is 10.00 Å². The number of carbonyl (C=O) groups excluding carboxylic acids is 1. The van der Waals surface area contributed by atoms with Gasteiger partial charge in [0.2, 0.25) is 5.75 Å². The fourth-order valence-electron chi connectivity index (χ4n) is 1.76. The van der Waals surface area contributed by atoms with Crippen LogP contribution in [0.25, 0.3) is 0 Å². The van der Waals surface area contributed by atoms with Crippen LogP contribution in [0.4, 0.5) is 5.69 Å². The molecule has 1 rings (SSSR count). The van der Waals surface area contributed by atoms with Crippen LogP contribution in [0.15, 0.2) is 18.2 Å². The number of benzene rings is 1. The van der Waals surface area contributed by atoms with Crippen molar-refractivity contribution in [3.63, 3.8) is 0 Å². The molecule has 19 heavy (non-hydrogen) atoms. The van der Waals surface area contributed by atoms with Crippen LogP contribution in [0.3, 0.4) is 0 Å². The number of methoxy groups -OCH3 is 1. The molecule has 6 heteroatoms. The molecule has 0 N–H and O–H groups in total. The molecule has 0 aliphatic carbocycles. The Hall–Kier alpha value is -2.42. The third-order valence-corrected chi connectivity index (χ3v) is 2.75. The maximum Gasteiger partial charge on any atom is 0.311 e. The van der Waals surface area contributed by atoms with Gasteiger partial charge in [-0.3, -0.25) is 14.9 Å². The molecule has 0 aromatic heterocycles. The molecule has 0 heterocycles. The summed E-state index contributed by atoms with van der Waals surface area (Å²) in [5.74, 6) is -1.59. The molecule has 0 aliphatic heterocycles. The number of rotatable bonds is 5. The van der Waals surface area contributed by atoms with Crippen molar-refractivity contribution in [3.8, 4) is 11.8 Å². The van der Waals surface area contributed by atoms with Gasteiger partial charge in [-0.1, -0.05) is 19.9 Å². The molecule has 0 aliphatic rings. The molecule has 1 unspecified atom stereocenters. The first kappa shape index (κ1) is 14.6.